The van der Waals surface area contributed by atoms with E-state index in [9.17, 15) is 13.2 Å². The van der Waals surface area contributed by atoms with Crippen molar-refractivity contribution in [3.8, 4) is 5.75 Å². The molecule has 0 fully saturated rings. The zero-order valence-electron chi connectivity index (χ0n) is 16.5. The van der Waals surface area contributed by atoms with E-state index in [1.807, 2.05) is 19.9 Å². The zero-order chi connectivity index (χ0) is 21.0. The normalized spacial score (nSPS) is 12.4. The fourth-order valence-electron chi connectivity index (χ4n) is 2.94. The van der Waals surface area contributed by atoms with Crippen LogP contribution in [0.5, 0.6) is 5.75 Å². The molecule has 0 aliphatic heterocycles. The molecule has 2 aromatic carbocycles. The molecule has 0 spiro atoms. The van der Waals surface area contributed by atoms with Gasteiger partial charge in [0.25, 0.3) is 5.91 Å². The third kappa shape index (κ3) is 4.51. The van der Waals surface area contributed by atoms with Crippen LogP contribution in [-0.2, 0) is 9.84 Å². The number of amides is 1. The Morgan fingerprint density at radius 1 is 1.07 bits per heavy atom. The molecular formula is C22H23NO5S. The molecule has 0 unspecified atom stereocenters. The second kappa shape index (κ2) is 8.53. The summed E-state index contributed by atoms with van der Waals surface area (Å²) in [4.78, 5) is 12.7. The number of nitrogens with one attached hydrogen (secondary N) is 1. The molecule has 1 amide bonds. The highest BCUT2D eigenvalue weighted by molar-refractivity contribution is 7.91. The van der Waals surface area contributed by atoms with E-state index in [2.05, 4.69) is 5.32 Å². The van der Waals surface area contributed by atoms with Crippen molar-refractivity contribution in [2.24, 2.45) is 0 Å². The molecule has 0 saturated heterocycles. The van der Waals surface area contributed by atoms with Gasteiger partial charge >= 0.3 is 0 Å². The Bertz CT molecular complexity index is 1090. The molecule has 0 radical (unpaired) electrons. The van der Waals surface area contributed by atoms with Crippen LogP contribution in [0, 0.1) is 13.8 Å². The highest BCUT2D eigenvalue weighted by Gasteiger charge is 2.32. The summed E-state index contributed by atoms with van der Waals surface area (Å²) in [5, 5.41) is 1.68. The predicted octanol–water partition coefficient (Wildman–Crippen LogP) is 3.85. The molecule has 0 saturated carbocycles. The minimum atomic E-state index is -3.81. The second-order valence-electron chi connectivity index (χ2n) is 6.73. The number of hydrogen-bond acceptors (Lipinski definition) is 5. The van der Waals surface area contributed by atoms with Crippen LogP contribution >= 0.6 is 0 Å². The van der Waals surface area contributed by atoms with Crippen molar-refractivity contribution < 1.29 is 22.4 Å². The van der Waals surface area contributed by atoms with Gasteiger partial charge in [-0.2, -0.15) is 0 Å². The van der Waals surface area contributed by atoms with E-state index >= 15 is 0 Å². The first-order chi connectivity index (χ1) is 13.8. The fourth-order valence-corrected chi connectivity index (χ4v) is 4.52. The number of furan rings is 1. The van der Waals surface area contributed by atoms with Gasteiger partial charge in [0.05, 0.1) is 18.3 Å². The lowest BCUT2D eigenvalue weighted by atomic mass is 10.1. The van der Waals surface area contributed by atoms with Crippen LogP contribution in [0.25, 0.3) is 0 Å². The van der Waals surface area contributed by atoms with E-state index in [1.54, 1.807) is 36.4 Å². The van der Waals surface area contributed by atoms with Gasteiger partial charge in [0.1, 0.15) is 16.8 Å². The molecule has 1 atom stereocenters. The third-order valence-electron chi connectivity index (χ3n) is 4.84. The molecule has 1 aromatic heterocycles. The van der Waals surface area contributed by atoms with Crippen molar-refractivity contribution in [1.29, 1.82) is 0 Å². The number of methoxy groups -OCH3 is 1. The summed E-state index contributed by atoms with van der Waals surface area (Å²) >= 11 is 0. The second-order valence-corrected chi connectivity index (χ2v) is 8.86. The van der Waals surface area contributed by atoms with Crippen molar-refractivity contribution in [3.63, 3.8) is 0 Å². The highest BCUT2D eigenvalue weighted by Crippen LogP contribution is 2.30. The van der Waals surface area contributed by atoms with Gasteiger partial charge < -0.3 is 14.5 Å². The van der Waals surface area contributed by atoms with Crippen LogP contribution in [0.3, 0.4) is 0 Å². The van der Waals surface area contributed by atoms with Gasteiger partial charge in [-0.3, -0.25) is 4.79 Å². The third-order valence-corrected chi connectivity index (χ3v) is 6.92. The monoisotopic (exact) mass is 413 g/mol. The smallest absolute Gasteiger partial charge is 0.251 e. The molecule has 29 heavy (non-hydrogen) atoms. The largest absolute Gasteiger partial charge is 0.497 e. The summed E-state index contributed by atoms with van der Waals surface area (Å²) in [5.41, 5.74) is 2.55. The molecule has 0 aliphatic rings. The first-order valence-electron chi connectivity index (χ1n) is 9.09. The highest BCUT2D eigenvalue weighted by atomic mass is 32.2. The van der Waals surface area contributed by atoms with Crippen LogP contribution in [-0.4, -0.2) is 28.0 Å². The minimum absolute atomic E-state index is 0.117. The number of ether oxygens (including phenoxy) is 1. The quantitative estimate of drug-likeness (QED) is 0.636. The first kappa shape index (κ1) is 20.7. The Morgan fingerprint density at radius 3 is 2.38 bits per heavy atom. The summed E-state index contributed by atoms with van der Waals surface area (Å²) < 4.78 is 36.9. The van der Waals surface area contributed by atoms with E-state index < -0.39 is 15.1 Å². The van der Waals surface area contributed by atoms with E-state index in [1.165, 1.54) is 25.5 Å². The fraction of sp³-hybridized carbons (Fsp3) is 0.227. The number of carbonyl (C=O) groups excluding carboxylic acids is 1. The number of rotatable bonds is 7. The van der Waals surface area contributed by atoms with Gasteiger partial charge in [-0.1, -0.05) is 6.07 Å². The average molecular weight is 413 g/mol. The standard InChI is InChI=1S/C22H23NO5S/c1-15-6-7-17(13-16(15)2)22(24)23-14-21(20-5-4-12-28-20)29(25,26)19-10-8-18(27-3)9-11-19/h4-13,21H,14H2,1-3H3,(H,23,24)/t21-/m0/s1. The molecule has 0 bridgehead atoms. The van der Waals surface area contributed by atoms with E-state index in [4.69, 9.17) is 9.15 Å². The summed E-state index contributed by atoms with van der Waals surface area (Å²) in [7, 11) is -2.29. The van der Waals surface area contributed by atoms with Crippen molar-refractivity contribution >= 4 is 15.7 Å². The lowest BCUT2D eigenvalue weighted by Crippen LogP contribution is -2.31. The van der Waals surface area contributed by atoms with Gasteiger partial charge in [-0.05, 0) is 73.5 Å². The minimum Gasteiger partial charge on any atom is -0.497 e. The topological polar surface area (TPSA) is 85.6 Å². The predicted molar refractivity (Wildman–Crippen MR) is 110 cm³/mol. The lowest BCUT2D eigenvalue weighted by molar-refractivity contribution is 0.0953. The van der Waals surface area contributed by atoms with Crippen LogP contribution in [0.15, 0.2) is 70.2 Å². The van der Waals surface area contributed by atoms with Gasteiger partial charge in [-0.15, -0.1) is 0 Å². The zero-order valence-corrected chi connectivity index (χ0v) is 17.3. The van der Waals surface area contributed by atoms with Crippen molar-refractivity contribution in [2.75, 3.05) is 13.7 Å². The van der Waals surface area contributed by atoms with Crippen LogP contribution in [0.4, 0.5) is 0 Å². The van der Waals surface area contributed by atoms with Gasteiger partial charge in [0, 0.05) is 12.1 Å². The molecule has 3 aromatic rings. The summed E-state index contributed by atoms with van der Waals surface area (Å²) in [6.45, 7) is 3.77. The Morgan fingerprint density at radius 2 is 1.79 bits per heavy atom. The Labute approximate surface area is 170 Å². The lowest BCUT2D eigenvalue weighted by Gasteiger charge is -2.17. The summed E-state index contributed by atoms with van der Waals surface area (Å²) in [6, 6.07) is 14.7. The number of hydrogen-bond donors (Lipinski definition) is 1. The number of benzene rings is 2. The summed E-state index contributed by atoms with van der Waals surface area (Å²) in [5.74, 6) is 0.484. The molecule has 0 aliphatic carbocycles. The molecule has 1 N–H and O–H groups in total. The average Bonchev–Trinajstić information content (AvgIpc) is 3.24. The Hall–Kier alpha value is -3.06. The van der Waals surface area contributed by atoms with Crippen molar-refractivity contribution in [3.05, 3.63) is 83.3 Å². The van der Waals surface area contributed by atoms with E-state index in [0.29, 0.717) is 11.3 Å². The number of carbonyl (C=O) groups is 1. The van der Waals surface area contributed by atoms with Gasteiger partial charge in [0.2, 0.25) is 0 Å². The Kier molecular flexibility index (Phi) is 6.08. The van der Waals surface area contributed by atoms with Crippen LogP contribution in [0.2, 0.25) is 0 Å². The molecule has 152 valence electrons. The molecule has 7 heteroatoms. The maximum absolute atomic E-state index is 13.2. The van der Waals surface area contributed by atoms with Gasteiger partial charge in [-0.25, -0.2) is 8.42 Å². The summed E-state index contributed by atoms with van der Waals surface area (Å²) in [6.07, 6.45) is 1.41. The number of sulfone groups is 1. The van der Waals surface area contributed by atoms with Gasteiger partial charge in [0.15, 0.2) is 9.84 Å². The van der Waals surface area contributed by atoms with E-state index in [0.717, 1.165) is 11.1 Å². The maximum atomic E-state index is 13.2. The molecule has 1 heterocycles. The SMILES string of the molecule is COc1ccc(S(=O)(=O)[C@@H](CNC(=O)c2ccc(C)c(C)c2)c2ccco2)cc1. The van der Waals surface area contributed by atoms with Crippen molar-refractivity contribution in [1.82, 2.24) is 5.32 Å². The van der Waals surface area contributed by atoms with Crippen LogP contribution in [0.1, 0.15) is 32.5 Å². The van der Waals surface area contributed by atoms with E-state index in [-0.39, 0.29) is 23.1 Å². The molecule has 6 nitrogen and oxygen atoms in total. The Balaban J connectivity index is 1.85. The molecule has 3 rings (SSSR count). The molecular weight excluding hydrogens is 390 g/mol. The maximum Gasteiger partial charge on any atom is 0.251 e. The van der Waals surface area contributed by atoms with Crippen molar-refractivity contribution in [2.45, 2.75) is 24.0 Å². The van der Waals surface area contributed by atoms with Crippen LogP contribution < -0.4 is 10.1 Å². The first-order valence-corrected chi connectivity index (χ1v) is 10.6. The number of aryl methyl sites for hydroxylation is 2.